The van der Waals surface area contributed by atoms with Crippen molar-refractivity contribution >= 4 is 29.1 Å². The molecule has 0 unspecified atom stereocenters. The second kappa shape index (κ2) is 6.13. The van der Waals surface area contributed by atoms with Crippen molar-refractivity contribution < 1.29 is 9.32 Å². The number of aromatic nitrogens is 2. The zero-order valence-corrected chi connectivity index (χ0v) is 14.7. The van der Waals surface area contributed by atoms with Gasteiger partial charge in [-0.25, -0.2) is 4.98 Å². The highest BCUT2D eigenvalue weighted by atomic mass is 35.5. The molecule has 2 aromatic heterocycles. The van der Waals surface area contributed by atoms with Crippen LogP contribution in [0.2, 0.25) is 10.3 Å². The van der Waals surface area contributed by atoms with E-state index in [2.05, 4.69) is 10.1 Å². The molecule has 0 spiro atoms. The minimum absolute atomic E-state index is 0.0869. The van der Waals surface area contributed by atoms with Crippen LogP contribution in [0.25, 0.3) is 0 Å². The minimum atomic E-state index is -0.0869. The van der Waals surface area contributed by atoms with Crippen molar-refractivity contribution in [1.82, 2.24) is 15.0 Å². The SMILES string of the molecule is Cc1noc(C)c1CN(C(=O)c1cc(Cl)nc(Cl)c1C)C1CC1. The van der Waals surface area contributed by atoms with Crippen molar-refractivity contribution in [2.24, 2.45) is 0 Å². The van der Waals surface area contributed by atoms with Gasteiger partial charge in [-0.1, -0.05) is 28.4 Å². The summed E-state index contributed by atoms with van der Waals surface area (Å²) in [6.07, 6.45) is 2.00. The molecule has 1 saturated carbocycles. The predicted octanol–water partition coefficient (Wildman–Crippen LogP) is 4.11. The Labute approximate surface area is 144 Å². The largest absolute Gasteiger partial charge is 0.361 e. The normalized spacial score (nSPS) is 14.1. The third kappa shape index (κ3) is 3.21. The van der Waals surface area contributed by atoms with Gasteiger partial charge in [-0.3, -0.25) is 4.79 Å². The molecule has 0 N–H and O–H groups in total. The van der Waals surface area contributed by atoms with Crippen LogP contribution in [0, 0.1) is 20.8 Å². The lowest BCUT2D eigenvalue weighted by atomic mass is 10.1. The minimum Gasteiger partial charge on any atom is -0.361 e. The first-order valence-corrected chi connectivity index (χ1v) is 8.19. The highest BCUT2D eigenvalue weighted by Crippen LogP contribution is 2.32. The molecule has 3 rings (SSSR count). The lowest BCUT2D eigenvalue weighted by molar-refractivity contribution is 0.0728. The number of rotatable bonds is 4. The highest BCUT2D eigenvalue weighted by molar-refractivity contribution is 6.33. The summed E-state index contributed by atoms with van der Waals surface area (Å²) in [5, 5.41) is 4.44. The number of pyridine rings is 1. The maximum Gasteiger partial charge on any atom is 0.254 e. The van der Waals surface area contributed by atoms with Crippen molar-refractivity contribution in [1.29, 1.82) is 0 Å². The van der Waals surface area contributed by atoms with Gasteiger partial charge in [0.25, 0.3) is 5.91 Å². The smallest absolute Gasteiger partial charge is 0.254 e. The summed E-state index contributed by atoms with van der Waals surface area (Å²) in [7, 11) is 0. The number of hydrogen-bond donors (Lipinski definition) is 0. The van der Waals surface area contributed by atoms with E-state index in [1.807, 2.05) is 18.7 Å². The molecule has 1 aliphatic carbocycles. The van der Waals surface area contributed by atoms with Crippen molar-refractivity contribution in [3.63, 3.8) is 0 Å². The fourth-order valence-corrected chi connectivity index (χ4v) is 3.01. The Bertz CT molecular complexity index is 749. The number of hydrogen-bond acceptors (Lipinski definition) is 4. The van der Waals surface area contributed by atoms with Crippen LogP contribution in [0.3, 0.4) is 0 Å². The van der Waals surface area contributed by atoms with Crippen LogP contribution >= 0.6 is 23.2 Å². The number of aryl methyl sites for hydroxylation is 2. The van der Waals surface area contributed by atoms with E-state index in [4.69, 9.17) is 27.7 Å². The first-order chi connectivity index (χ1) is 10.9. The fraction of sp³-hybridized carbons (Fsp3) is 0.438. The van der Waals surface area contributed by atoms with Gasteiger partial charge in [0.1, 0.15) is 16.1 Å². The van der Waals surface area contributed by atoms with E-state index in [1.54, 1.807) is 13.0 Å². The maximum absolute atomic E-state index is 13.0. The molecule has 7 heteroatoms. The molecule has 0 radical (unpaired) electrons. The van der Waals surface area contributed by atoms with Crippen LogP contribution in [0.4, 0.5) is 0 Å². The zero-order chi connectivity index (χ0) is 16.7. The third-order valence-corrected chi connectivity index (χ3v) is 4.73. The summed E-state index contributed by atoms with van der Waals surface area (Å²) in [6.45, 7) is 5.99. The molecule has 2 heterocycles. The number of carbonyl (C=O) groups is 1. The van der Waals surface area contributed by atoms with Crippen molar-refractivity contribution in [3.05, 3.63) is 44.5 Å². The van der Waals surface area contributed by atoms with Crippen molar-refractivity contribution in [3.8, 4) is 0 Å². The van der Waals surface area contributed by atoms with Crippen LogP contribution in [0.1, 0.15) is 45.8 Å². The van der Waals surface area contributed by atoms with E-state index in [9.17, 15) is 4.79 Å². The molecular formula is C16H17Cl2N3O2. The summed E-state index contributed by atoms with van der Waals surface area (Å²) in [6, 6.07) is 1.81. The molecule has 0 aromatic carbocycles. The van der Waals surface area contributed by atoms with Crippen LogP contribution in [-0.2, 0) is 6.54 Å². The van der Waals surface area contributed by atoms with Crippen LogP contribution in [0.15, 0.2) is 10.6 Å². The Morgan fingerprint density at radius 3 is 2.61 bits per heavy atom. The molecule has 0 aliphatic heterocycles. The Morgan fingerprint density at radius 2 is 2.04 bits per heavy atom. The second-order valence-electron chi connectivity index (χ2n) is 5.88. The molecular weight excluding hydrogens is 337 g/mol. The average Bonchev–Trinajstić information content (AvgIpc) is 3.28. The molecule has 23 heavy (non-hydrogen) atoms. The van der Waals surface area contributed by atoms with Crippen molar-refractivity contribution in [2.45, 2.75) is 46.2 Å². The van der Waals surface area contributed by atoms with Crippen LogP contribution in [-0.4, -0.2) is 27.0 Å². The van der Waals surface area contributed by atoms with Gasteiger partial charge in [0.15, 0.2) is 0 Å². The topological polar surface area (TPSA) is 59.2 Å². The monoisotopic (exact) mass is 353 g/mol. The van der Waals surface area contributed by atoms with Gasteiger partial charge in [0, 0.05) is 17.2 Å². The maximum atomic E-state index is 13.0. The molecule has 2 aromatic rings. The molecule has 1 fully saturated rings. The summed E-state index contributed by atoms with van der Waals surface area (Å²) < 4.78 is 5.20. The first kappa shape index (κ1) is 16.3. The zero-order valence-electron chi connectivity index (χ0n) is 13.2. The van der Waals surface area contributed by atoms with Gasteiger partial charge in [0.2, 0.25) is 0 Å². The van der Waals surface area contributed by atoms with E-state index < -0.39 is 0 Å². The molecule has 0 bridgehead atoms. The predicted molar refractivity (Wildman–Crippen MR) is 87.9 cm³/mol. The van der Waals surface area contributed by atoms with E-state index in [-0.39, 0.29) is 22.3 Å². The molecule has 0 atom stereocenters. The van der Waals surface area contributed by atoms with Gasteiger partial charge >= 0.3 is 0 Å². The summed E-state index contributed by atoms with van der Waals surface area (Å²) in [5.74, 6) is 0.652. The summed E-state index contributed by atoms with van der Waals surface area (Å²) in [5.41, 5.74) is 2.90. The summed E-state index contributed by atoms with van der Waals surface area (Å²) in [4.78, 5) is 18.9. The van der Waals surface area contributed by atoms with Crippen molar-refractivity contribution in [2.75, 3.05) is 0 Å². The number of carbonyl (C=O) groups excluding carboxylic acids is 1. The second-order valence-corrected chi connectivity index (χ2v) is 6.62. The number of amides is 1. The van der Waals surface area contributed by atoms with Crippen LogP contribution in [0.5, 0.6) is 0 Å². The third-order valence-electron chi connectivity index (χ3n) is 4.17. The van der Waals surface area contributed by atoms with Gasteiger partial charge in [-0.15, -0.1) is 0 Å². The van der Waals surface area contributed by atoms with E-state index in [1.165, 1.54) is 0 Å². The Hall–Kier alpha value is -1.59. The van der Waals surface area contributed by atoms with Crippen LogP contribution < -0.4 is 0 Å². The molecule has 0 saturated heterocycles. The van der Waals surface area contributed by atoms with E-state index >= 15 is 0 Å². The quantitative estimate of drug-likeness (QED) is 0.776. The lowest BCUT2D eigenvalue weighted by Gasteiger charge is -2.23. The molecule has 122 valence electrons. The Morgan fingerprint density at radius 1 is 1.35 bits per heavy atom. The highest BCUT2D eigenvalue weighted by Gasteiger charge is 2.35. The average molecular weight is 354 g/mol. The first-order valence-electron chi connectivity index (χ1n) is 7.44. The van der Waals surface area contributed by atoms with Gasteiger partial charge in [0.05, 0.1) is 12.2 Å². The Kier molecular flexibility index (Phi) is 4.34. The van der Waals surface area contributed by atoms with Gasteiger partial charge in [-0.2, -0.15) is 0 Å². The van der Waals surface area contributed by atoms with Gasteiger partial charge < -0.3 is 9.42 Å². The standard InChI is InChI=1S/C16H17Cl2N3O2/c1-8-12(6-14(17)19-15(8)18)16(22)21(11-4-5-11)7-13-9(2)20-23-10(13)3/h6,11H,4-5,7H2,1-3H3. The molecule has 5 nitrogen and oxygen atoms in total. The molecule has 1 aliphatic rings. The number of nitrogens with zero attached hydrogens (tertiary/aromatic N) is 3. The lowest BCUT2D eigenvalue weighted by Crippen LogP contribution is -2.33. The van der Waals surface area contributed by atoms with E-state index in [0.29, 0.717) is 17.7 Å². The van der Waals surface area contributed by atoms with E-state index in [0.717, 1.165) is 29.9 Å². The number of halogens is 2. The Balaban J connectivity index is 1.94. The fourth-order valence-electron chi connectivity index (χ4n) is 2.58. The summed E-state index contributed by atoms with van der Waals surface area (Å²) >= 11 is 12.0. The molecule has 1 amide bonds. The van der Waals surface area contributed by atoms with Gasteiger partial charge in [-0.05, 0) is 45.2 Å².